The van der Waals surface area contributed by atoms with E-state index >= 15 is 0 Å². The van der Waals surface area contributed by atoms with Crippen LogP contribution in [0.1, 0.15) is 12.5 Å². The Kier molecular flexibility index (Phi) is 5.82. The van der Waals surface area contributed by atoms with Gasteiger partial charge >= 0.3 is 0 Å². The Labute approximate surface area is 96.0 Å². The van der Waals surface area contributed by atoms with E-state index in [4.69, 9.17) is 4.74 Å². The van der Waals surface area contributed by atoms with E-state index in [9.17, 15) is 4.39 Å². The van der Waals surface area contributed by atoms with Crippen LogP contribution >= 0.6 is 0 Å². The SMILES string of the molecule is CCNCCNCc1c(F)cccc1OC. The molecule has 16 heavy (non-hydrogen) atoms. The Morgan fingerprint density at radius 1 is 1.25 bits per heavy atom. The number of hydrogen-bond donors (Lipinski definition) is 2. The number of methoxy groups -OCH3 is 1. The van der Waals surface area contributed by atoms with Crippen LogP contribution in [0.4, 0.5) is 4.39 Å². The van der Waals surface area contributed by atoms with E-state index in [1.165, 1.54) is 6.07 Å². The molecule has 0 aromatic heterocycles. The van der Waals surface area contributed by atoms with Gasteiger partial charge in [-0.25, -0.2) is 4.39 Å². The van der Waals surface area contributed by atoms with Crippen molar-refractivity contribution in [3.8, 4) is 5.75 Å². The van der Waals surface area contributed by atoms with E-state index in [0.717, 1.165) is 19.6 Å². The molecule has 0 saturated carbocycles. The van der Waals surface area contributed by atoms with Crippen LogP contribution in [0, 0.1) is 5.82 Å². The maximum absolute atomic E-state index is 13.5. The van der Waals surface area contributed by atoms with E-state index < -0.39 is 0 Å². The highest BCUT2D eigenvalue weighted by Crippen LogP contribution is 2.20. The zero-order valence-electron chi connectivity index (χ0n) is 9.85. The number of rotatable bonds is 7. The number of hydrogen-bond acceptors (Lipinski definition) is 3. The molecule has 4 heteroatoms. The quantitative estimate of drug-likeness (QED) is 0.692. The van der Waals surface area contributed by atoms with Gasteiger partial charge < -0.3 is 15.4 Å². The third-order valence-corrected chi connectivity index (χ3v) is 2.33. The maximum Gasteiger partial charge on any atom is 0.131 e. The predicted molar refractivity (Wildman–Crippen MR) is 63.2 cm³/mol. The molecule has 90 valence electrons. The minimum Gasteiger partial charge on any atom is -0.496 e. The molecule has 0 spiro atoms. The molecule has 1 rings (SSSR count). The van der Waals surface area contributed by atoms with Crippen molar-refractivity contribution in [2.45, 2.75) is 13.5 Å². The molecule has 0 bridgehead atoms. The molecular weight excluding hydrogens is 207 g/mol. The van der Waals surface area contributed by atoms with Crippen LogP contribution in [0.25, 0.3) is 0 Å². The summed E-state index contributed by atoms with van der Waals surface area (Å²) in [5, 5.41) is 6.36. The van der Waals surface area contributed by atoms with E-state index in [0.29, 0.717) is 17.9 Å². The van der Waals surface area contributed by atoms with Crippen LogP contribution in [0.15, 0.2) is 18.2 Å². The lowest BCUT2D eigenvalue weighted by Crippen LogP contribution is -2.27. The van der Waals surface area contributed by atoms with Gasteiger partial charge in [-0.05, 0) is 18.7 Å². The first-order valence-electron chi connectivity index (χ1n) is 5.52. The zero-order valence-corrected chi connectivity index (χ0v) is 9.85. The molecule has 2 N–H and O–H groups in total. The Hall–Kier alpha value is -1.13. The summed E-state index contributed by atoms with van der Waals surface area (Å²) in [6.45, 7) is 5.18. The van der Waals surface area contributed by atoms with Crippen molar-refractivity contribution in [1.29, 1.82) is 0 Å². The van der Waals surface area contributed by atoms with Crippen molar-refractivity contribution in [3.05, 3.63) is 29.6 Å². The third-order valence-electron chi connectivity index (χ3n) is 2.33. The summed E-state index contributed by atoms with van der Waals surface area (Å²) in [6.07, 6.45) is 0. The van der Waals surface area contributed by atoms with Gasteiger partial charge in [0.2, 0.25) is 0 Å². The highest BCUT2D eigenvalue weighted by Gasteiger charge is 2.07. The summed E-state index contributed by atoms with van der Waals surface area (Å²) >= 11 is 0. The molecule has 0 saturated heterocycles. The Bertz CT molecular complexity index is 318. The van der Waals surface area contributed by atoms with Gasteiger partial charge in [0.15, 0.2) is 0 Å². The van der Waals surface area contributed by atoms with E-state index in [1.54, 1.807) is 19.2 Å². The van der Waals surface area contributed by atoms with Crippen molar-refractivity contribution in [2.75, 3.05) is 26.7 Å². The van der Waals surface area contributed by atoms with Gasteiger partial charge in [0.1, 0.15) is 11.6 Å². The molecule has 0 radical (unpaired) electrons. The normalized spacial score (nSPS) is 10.4. The summed E-state index contributed by atoms with van der Waals surface area (Å²) in [7, 11) is 1.55. The fourth-order valence-corrected chi connectivity index (χ4v) is 1.47. The average molecular weight is 226 g/mol. The number of nitrogens with one attached hydrogen (secondary N) is 2. The standard InChI is InChI=1S/C12H19FN2O/c1-3-14-7-8-15-9-10-11(13)5-4-6-12(10)16-2/h4-6,14-15H,3,7-9H2,1-2H3. The Morgan fingerprint density at radius 3 is 2.69 bits per heavy atom. The van der Waals surface area contributed by atoms with Crippen molar-refractivity contribution in [1.82, 2.24) is 10.6 Å². The lowest BCUT2D eigenvalue weighted by Gasteiger charge is -2.10. The van der Waals surface area contributed by atoms with Gasteiger partial charge in [0.05, 0.1) is 7.11 Å². The summed E-state index contributed by atoms with van der Waals surface area (Å²) in [5.74, 6) is 0.367. The monoisotopic (exact) mass is 226 g/mol. The van der Waals surface area contributed by atoms with E-state index in [2.05, 4.69) is 17.6 Å². The Morgan fingerprint density at radius 2 is 2.00 bits per heavy atom. The van der Waals surface area contributed by atoms with E-state index in [-0.39, 0.29) is 5.82 Å². The summed E-state index contributed by atoms with van der Waals surface area (Å²) in [5.41, 5.74) is 0.585. The highest BCUT2D eigenvalue weighted by atomic mass is 19.1. The summed E-state index contributed by atoms with van der Waals surface area (Å²) in [4.78, 5) is 0. The van der Waals surface area contributed by atoms with Gasteiger partial charge in [0.25, 0.3) is 0 Å². The molecular formula is C12H19FN2O. The minimum atomic E-state index is -0.227. The molecule has 0 aliphatic heterocycles. The summed E-state index contributed by atoms with van der Waals surface area (Å²) in [6, 6.07) is 4.87. The predicted octanol–water partition coefficient (Wildman–Crippen LogP) is 1.53. The van der Waals surface area contributed by atoms with Crippen molar-refractivity contribution < 1.29 is 9.13 Å². The molecule has 3 nitrogen and oxygen atoms in total. The van der Waals surface area contributed by atoms with Gasteiger partial charge in [-0.3, -0.25) is 0 Å². The van der Waals surface area contributed by atoms with Crippen LogP contribution in [-0.4, -0.2) is 26.7 Å². The van der Waals surface area contributed by atoms with Gasteiger partial charge in [-0.1, -0.05) is 13.0 Å². The molecule has 0 amide bonds. The molecule has 0 fully saturated rings. The lowest BCUT2D eigenvalue weighted by atomic mass is 10.2. The number of likely N-dealkylation sites (N-methyl/N-ethyl adjacent to an activating group) is 1. The molecule has 0 aliphatic carbocycles. The zero-order chi connectivity index (χ0) is 11.8. The second-order valence-electron chi connectivity index (χ2n) is 3.45. The maximum atomic E-state index is 13.5. The molecule has 1 aromatic rings. The topological polar surface area (TPSA) is 33.3 Å². The first-order valence-corrected chi connectivity index (χ1v) is 5.52. The van der Waals surface area contributed by atoms with Gasteiger partial charge in [-0.2, -0.15) is 0 Å². The number of benzene rings is 1. The van der Waals surface area contributed by atoms with Crippen molar-refractivity contribution >= 4 is 0 Å². The van der Waals surface area contributed by atoms with Crippen molar-refractivity contribution in [2.24, 2.45) is 0 Å². The first-order chi connectivity index (χ1) is 7.79. The van der Waals surface area contributed by atoms with Crippen molar-refractivity contribution in [3.63, 3.8) is 0 Å². The molecule has 1 aromatic carbocycles. The first kappa shape index (κ1) is 12.9. The number of ether oxygens (including phenoxy) is 1. The molecule has 0 unspecified atom stereocenters. The van der Waals surface area contributed by atoms with Gasteiger partial charge in [-0.15, -0.1) is 0 Å². The van der Waals surface area contributed by atoms with Crippen LogP contribution in [0.5, 0.6) is 5.75 Å². The molecule has 0 aliphatic rings. The van der Waals surface area contributed by atoms with Crippen LogP contribution < -0.4 is 15.4 Å². The van der Waals surface area contributed by atoms with Gasteiger partial charge in [0, 0.05) is 25.2 Å². The average Bonchev–Trinajstić information content (AvgIpc) is 2.30. The Balaban J connectivity index is 2.46. The largest absolute Gasteiger partial charge is 0.496 e. The lowest BCUT2D eigenvalue weighted by molar-refractivity contribution is 0.402. The highest BCUT2D eigenvalue weighted by molar-refractivity contribution is 5.34. The smallest absolute Gasteiger partial charge is 0.131 e. The minimum absolute atomic E-state index is 0.227. The van der Waals surface area contributed by atoms with Crippen LogP contribution in [0.2, 0.25) is 0 Å². The molecule has 0 atom stereocenters. The van der Waals surface area contributed by atoms with E-state index in [1.807, 2.05) is 0 Å². The third kappa shape index (κ3) is 3.79. The second kappa shape index (κ2) is 7.19. The second-order valence-corrected chi connectivity index (χ2v) is 3.45. The molecule has 0 heterocycles. The van der Waals surface area contributed by atoms with Crippen LogP contribution in [-0.2, 0) is 6.54 Å². The summed E-state index contributed by atoms with van der Waals surface area (Å²) < 4.78 is 18.6. The fourth-order valence-electron chi connectivity index (χ4n) is 1.47. The number of halogens is 1. The van der Waals surface area contributed by atoms with Crippen LogP contribution in [0.3, 0.4) is 0 Å². The fraction of sp³-hybridized carbons (Fsp3) is 0.500.